The van der Waals surface area contributed by atoms with Crippen molar-refractivity contribution < 1.29 is 4.18 Å². The molecule has 0 aromatic rings. The van der Waals surface area contributed by atoms with Crippen LogP contribution in [0.2, 0.25) is 0 Å². The van der Waals surface area contributed by atoms with Gasteiger partial charge in [0.25, 0.3) is 0 Å². The summed E-state index contributed by atoms with van der Waals surface area (Å²) in [6.07, 6.45) is 8.87. The first-order valence-electron chi connectivity index (χ1n) is 5.67. The molecule has 84 valence electrons. The molecule has 0 aliphatic heterocycles. The molecule has 1 aliphatic rings. The van der Waals surface area contributed by atoms with Gasteiger partial charge in [-0.1, -0.05) is 6.92 Å². The van der Waals surface area contributed by atoms with Crippen molar-refractivity contribution in [2.45, 2.75) is 51.2 Å². The molecule has 0 heterocycles. The van der Waals surface area contributed by atoms with Gasteiger partial charge in [-0.3, -0.25) is 0 Å². The molecule has 0 amide bonds. The molecular weight excluding hydrogens is 194 g/mol. The first-order valence-corrected chi connectivity index (χ1v) is 6.82. The fourth-order valence-corrected chi connectivity index (χ4v) is 2.72. The monoisotopic (exact) mass is 217 g/mol. The summed E-state index contributed by atoms with van der Waals surface area (Å²) in [5.74, 6) is 0. The van der Waals surface area contributed by atoms with Gasteiger partial charge in [-0.05, 0) is 57.7 Å². The van der Waals surface area contributed by atoms with Crippen molar-refractivity contribution in [3.8, 4) is 0 Å². The van der Waals surface area contributed by atoms with Gasteiger partial charge in [-0.25, -0.2) is 0 Å². The second-order valence-electron chi connectivity index (χ2n) is 4.17. The summed E-state index contributed by atoms with van der Waals surface area (Å²) >= 11 is 1.51. The Morgan fingerprint density at radius 3 is 2.43 bits per heavy atom. The van der Waals surface area contributed by atoms with E-state index < -0.39 is 0 Å². The van der Waals surface area contributed by atoms with Crippen LogP contribution in [0, 0.1) is 0 Å². The average Bonchev–Trinajstić information content (AvgIpc) is 2.20. The summed E-state index contributed by atoms with van der Waals surface area (Å²) in [6.45, 7) is 3.48. The molecule has 1 saturated carbocycles. The second kappa shape index (κ2) is 6.70. The highest BCUT2D eigenvalue weighted by Gasteiger charge is 2.23. The standard InChI is InChI=1S/C11H23NOS/c1-4-9-12(2)10-5-7-11(8-6-10)13-14-3/h10-11H,4-9H2,1-3H3/t10-,11+. The van der Waals surface area contributed by atoms with E-state index >= 15 is 0 Å². The minimum Gasteiger partial charge on any atom is -0.312 e. The van der Waals surface area contributed by atoms with Crippen LogP contribution in [0.15, 0.2) is 0 Å². The number of hydrogen-bond donors (Lipinski definition) is 0. The Labute approximate surface area is 92.6 Å². The van der Waals surface area contributed by atoms with E-state index in [0.717, 1.165) is 6.04 Å². The van der Waals surface area contributed by atoms with Gasteiger partial charge in [-0.15, -0.1) is 0 Å². The lowest BCUT2D eigenvalue weighted by atomic mass is 9.92. The molecule has 3 heteroatoms. The highest BCUT2D eigenvalue weighted by Crippen LogP contribution is 2.26. The Morgan fingerprint density at radius 2 is 1.93 bits per heavy atom. The number of rotatable bonds is 5. The third-order valence-corrected chi connectivity index (χ3v) is 3.54. The summed E-state index contributed by atoms with van der Waals surface area (Å²) in [5.41, 5.74) is 0. The molecule has 1 aliphatic carbocycles. The molecule has 1 rings (SSSR count). The molecule has 0 saturated heterocycles. The van der Waals surface area contributed by atoms with Crippen LogP contribution in [0.5, 0.6) is 0 Å². The first kappa shape index (κ1) is 12.3. The molecule has 0 unspecified atom stereocenters. The van der Waals surface area contributed by atoms with Crippen molar-refractivity contribution in [2.75, 3.05) is 19.8 Å². The Kier molecular flexibility index (Phi) is 5.90. The predicted octanol–water partition coefficient (Wildman–Crippen LogP) is 2.93. The lowest BCUT2D eigenvalue weighted by molar-refractivity contribution is 0.116. The van der Waals surface area contributed by atoms with Crippen molar-refractivity contribution >= 4 is 12.0 Å². The van der Waals surface area contributed by atoms with E-state index in [4.69, 9.17) is 4.18 Å². The Bertz CT molecular complexity index is 146. The van der Waals surface area contributed by atoms with Crippen LogP contribution < -0.4 is 0 Å². The van der Waals surface area contributed by atoms with Crippen LogP contribution in [0.1, 0.15) is 39.0 Å². The Balaban J connectivity index is 2.21. The molecule has 0 N–H and O–H groups in total. The van der Waals surface area contributed by atoms with Gasteiger partial charge in [0.05, 0.1) is 6.10 Å². The van der Waals surface area contributed by atoms with E-state index in [1.807, 2.05) is 6.26 Å². The normalized spacial score (nSPS) is 28.3. The smallest absolute Gasteiger partial charge is 0.0723 e. The van der Waals surface area contributed by atoms with E-state index in [9.17, 15) is 0 Å². The van der Waals surface area contributed by atoms with Crippen LogP contribution in [0.4, 0.5) is 0 Å². The van der Waals surface area contributed by atoms with Gasteiger partial charge in [0.15, 0.2) is 0 Å². The van der Waals surface area contributed by atoms with Crippen LogP contribution in [0.25, 0.3) is 0 Å². The largest absolute Gasteiger partial charge is 0.312 e. The van der Waals surface area contributed by atoms with Crippen molar-refractivity contribution in [3.05, 3.63) is 0 Å². The fourth-order valence-electron chi connectivity index (χ4n) is 2.25. The minimum absolute atomic E-state index is 0.510. The lowest BCUT2D eigenvalue weighted by Gasteiger charge is -2.33. The van der Waals surface area contributed by atoms with Crippen molar-refractivity contribution in [1.29, 1.82) is 0 Å². The quantitative estimate of drug-likeness (QED) is 0.657. The molecule has 0 spiro atoms. The molecule has 0 bridgehead atoms. The predicted molar refractivity (Wildman–Crippen MR) is 63.6 cm³/mol. The van der Waals surface area contributed by atoms with E-state index in [1.165, 1.54) is 50.7 Å². The molecule has 0 aromatic heterocycles. The summed E-state index contributed by atoms with van der Waals surface area (Å²) < 4.78 is 5.57. The van der Waals surface area contributed by atoms with Gasteiger partial charge in [-0.2, -0.15) is 0 Å². The molecule has 1 fully saturated rings. The third-order valence-electron chi connectivity index (χ3n) is 3.08. The maximum Gasteiger partial charge on any atom is 0.0723 e. The zero-order valence-corrected chi connectivity index (χ0v) is 10.5. The summed E-state index contributed by atoms with van der Waals surface area (Å²) in [6, 6.07) is 0.802. The Morgan fingerprint density at radius 1 is 1.29 bits per heavy atom. The van der Waals surface area contributed by atoms with Crippen LogP contribution in [-0.4, -0.2) is 36.9 Å². The van der Waals surface area contributed by atoms with E-state index in [0.29, 0.717) is 6.10 Å². The zero-order valence-electron chi connectivity index (χ0n) is 9.66. The highest BCUT2D eigenvalue weighted by atomic mass is 32.2. The maximum atomic E-state index is 5.57. The first-order chi connectivity index (χ1) is 6.77. The van der Waals surface area contributed by atoms with Crippen molar-refractivity contribution in [2.24, 2.45) is 0 Å². The number of hydrogen-bond acceptors (Lipinski definition) is 3. The SMILES string of the molecule is CCCN(C)[C@H]1CC[C@@H](OSC)CC1. The molecule has 0 atom stereocenters. The average molecular weight is 217 g/mol. The topological polar surface area (TPSA) is 12.5 Å². The van der Waals surface area contributed by atoms with Gasteiger partial charge < -0.3 is 9.08 Å². The zero-order chi connectivity index (χ0) is 10.4. The van der Waals surface area contributed by atoms with Crippen molar-refractivity contribution in [3.63, 3.8) is 0 Å². The van der Waals surface area contributed by atoms with Gasteiger partial charge in [0.1, 0.15) is 0 Å². The molecule has 2 nitrogen and oxygen atoms in total. The minimum atomic E-state index is 0.510. The van der Waals surface area contributed by atoms with Gasteiger partial charge in [0, 0.05) is 12.3 Å². The van der Waals surface area contributed by atoms with Crippen LogP contribution in [0.3, 0.4) is 0 Å². The van der Waals surface area contributed by atoms with E-state index in [-0.39, 0.29) is 0 Å². The summed E-state index contributed by atoms with van der Waals surface area (Å²) in [5, 5.41) is 0. The summed E-state index contributed by atoms with van der Waals surface area (Å²) in [7, 11) is 2.25. The molecule has 14 heavy (non-hydrogen) atoms. The lowest BCUT2D eigenvalue weighted by Crippen LogP contribution is -2.36. The van der Waals surface area contributed by atoms with Crippen LogP contribution in [-0.2, 0) is 4.18 Å². The fraction of sp³-hybridized carbons (Fsp3) is 1.00. The summed E-state index contributed by atoms with van der Waals surface area (Å²) in [4.78, 5) is 2.51. The maximum absolute atomic E-state index is 5.57. The van der Waals surface area contributed by atoms with E-state index in [1.54, 1.807) is 0 Å². The molecule has 0 radical (unpaired) electrons. The molecular formula is C11H23NOS. The Hall–Kier alpha value is 0.270. The van der Waals surface area contributed by atoms with Gasteiger partial charge >= 0.3 is 0 Å². The van der Waals surface area contributed by atoms with E-state index in [2.05, 4.69) is 18.9 Å². The van der Waals surface area contributed by atoms with Crippen LogP contribution >= 0.6 is 12.0 Å². The molecule has 0 aromatic carbocycles. The second-order valence-corrected chi connectivity index (χ2v) is 4.70. The van der Waals surface area contributed by atoms with Crippen molar-refractivity contribution in [1.82, 2.24) is 4.90 Å². The third kappa shape index (κ3) is 3.79. The highest BCUT2D eigenvalue weighted by molar-refractivity contribution is 7.93. The van der Waals surface area contributed by atoms with Gasteiger partial charge in [0.2, 0.25) is 0 Å². The number of nitrogens with zero attached hydrogens (tertiary/aromatic N) is 1.